The number of H-pyrrole nitrogens is 1. The molecule has 0 aliphatic heterocycles. The van der Waals surface area contributed by atoms with Gasteiger partial charge in [0.15, 0.2) is 0 Å². The van der Waals surface area contributed by atoms with Gasteiger partial charge in [-0.15, -0.1) is 0 Å². The molecule has 1 heterocycles. The molecular formula is C20H21N3O. The summed E-state index contributed by atoms with van der Waals surface area (Å²) in [6.07, 6.45) is 5.53. The van der Waals surface area contributed by atoms with Gasteiger partial charge in [-0.1, -0.05) is 42.5 Å². The van der Waals surface area contributed by atoms with Crippen LogP contribution in [0.2, 0.25) is 0 Å². The molecule has 0 atom stereocenters. The third kappa shape index (κ3) is 3.90. The maximum Gasteiger partial charge on any atom is 0.251 e. The van der Waals surface area contributed by atoms with Gasteiger partial charge in [-0.3, -0.25) is 9.89 Å². The molecule has 1 amide bonds. The van der Waals surface area contributed by atoms with Gasteiger partial charge in [0.2, 0.25) is 0 Å². The molecule has 4 nitrogen and oxygen atoms in total. The summed E-state index contributed by atoms with van der Waals surface area (Å²) in [5, 5.41) is 9.77. The monoisotopic (exact) mass is 319 g/mol. The molecule has 0 bridgehead atoms. The fraction of sp³-hybridized carbons (Fsp3) is 0.200. The van der Waals surface area contributed by atoms with Gasteiger partial charge >= 0.3 is 0 Å². The van der Waals surface area contributed by atoms with Crippen LogP contribution in [0, 0.1) is 6.92 Å². The predicted octanol–water partition coefficient (Wildman–Crippen LogP) is 3.75. The minimum Gasteiger partial charge on any atom is -0.352 e. The Morgan fingerprint density at radius 1 is 1.12 bits per heavy atom. The van der Waals surface area contributed by atoms with E-state index in [1.54, 1.807) is 6.20 Å². The van der Waals surface area contributed by atoms with Gasteiger partial charge in [-0.05, 0) is 42.5 Å². The number of nitrogens with one attached hydrogen (secondary N) is 2. The number of aromatic nitrogens is 2. The summed E-state index contributed by atoms with van der Waals surface area (Å²) >= 11 is 0. The van der Waals surface area contributed by atoms with Crippen LogP contribution in [0.1, 0.15) is 27.9 Å². The lowest BCUT2D eigenvalue weighted by molar-refractivity contribution is 0.0952. The van der Waals surface area contributed by atoms with E-state index in [0.717, 1.165) is 35.1 Å². The third-order valence-corrected chi connectivity index (χ3v) is 4.07. The van der Waals surface area contributed by atoms with Gasteiger partial charge in [-0.2, -0.15) is 5.10 Å². The Balaban J connectivity index is 1.55. The number of benzene rings is 2. The lowest BCUT2D eigenvalue weighted by atomic mass is 10.0. The Morgan fingerprint density at radius 2 is 1.96 bits per heavy atom. The second-order valence-corrected chi connectivity index (χ2v) is 5.86. The molecule has 0 unspecified atom stereocenters. The highest BCUT2D eigenvalue weighted by Crippen LogP contribution is 2.21. The molecule has 0 aliphatic carbocycles. The molecular weight excluding hydrogens is 298 g/mol. The number of aryl methyl sites for hydroxylation is 2. The maximum absolute atomic E-state index is 12.3. The van der Waals surface area contributed by atoms with Crippen molar-refractivity contribution in [1.82, 2.24) is 15.5 Å². The van der Waals surface area contributed by atoms with Crippen LogP contribution in [-0.2, 0) is 6.42 Å². The number of aromatic amines is 1. The van der Waals surface area contributed by atoms with Gasteiger partial charge in [0.25, 0.3) is 5.91 Å². The quantitative estimate of drug-likeness (QED) is 0.680. The van der Waals surface area contributed by atoms with Crippen molar-refractivity contribution < 1.29 is 4.79 Å². The van der Waals surface area contributed by atoms with Crippen LogP contribution in [0.25, 0.3) is 11.1 Å². The van der Waals surface area contributed by atoms with E-state index in [-0.39, 0.29) is 5.91 Å². The predicted molar refractivity (Wildman–Crippen MR) is 95.9 cm³/mol. The Labute approximate surface area is 141 Å². The minimum atomic E-state index is -0.0145. The number of rotatable bonds is 6. The molecule has 0 fully saturated rings. The molecule has 2 N–H and O–H groups in total. The first-order valence-electron chi connectivity index (χ1n) is 8.16. The Morgan fingerprint density at radius 3 is 2.67 bits per heavy atom. The van der Waals surface area contributed by atoms with Crippen molar-refractivity contribution in [3.63, 3.8) is 0 Å². The molecule has 0 aliphatic rings. The van der Waals surface area contributed by atoms with E-state index in [0.29, 0.717) is 6.54 Å². The van der Waals surface area contributed by atoms with Crippen LogP contribution in [-0.4, -0.2) is 22.6 Å². The first-order valence-corrected chi connectivity index (χ1v) is 8.16. The number of carbonyl (C=O) groups excluding carboxylic acids is 1. The first-order chi connectivity index (χ1) is 11.7. The summed E-state index contributed by atoms with van der Waals surface area (Å²) in [6, 6.07) is 16.2. The van der Waals surface area contributed by atoms with E-state index < -0.39 is 0 Å². The number of hydrogen-bond donors (Lipinski definition) is 2. The minimum absolute atomic E-state index is 0.0145. The van der Waals surface area contributed by atoms with E-state index in [2.05, 4.69) is 27.6 Å². The summed E-state index contributed by atoms with van der Waals surface area (Å²) in [5.41, 5.74) is 5.07. The maximum atomic E-state index is 12.3. The normalized spacial score (nSPS) is 10.5. The SMILES string of the molecule is Cc1cc(-c2cn[nH]c2)ccc1C(=O)NCCCc1ccccc1. The van der Waals surface area contributed by atoms with Gasteiger partial charge in [0.1, 0.15) is 0 Å². The number of hydrogen-bond acceptors (Lipinski definition) is 2. The Hall–Kier alpha value is -2.88. The first kappa shape index (κ1) is 16.0. The molecule has 2 aromatic carbocycles. The summed E-state index contributed by atoms with van der Waals surface area (Å²) < 4.78 is 0. The highest BCUT2D eigenvalue weighted by molar-refractivity contribution is 5.96. The number of carbonyl (C=O) groups is 1. The van der Waals surface area contributed by atoms with Crippen molar-refractivity contribution in [2.24, 2.45) is 0 Å². The van der Waals surface area contributed by atoms with E-state index in [1.165, 1.54) is 5.56 Å². The van der Waals surface area contributed by atoms with E-state index in [9.17, 15) is 4.79 Å². The standard InChI is InChI=1S/C20H21N3O/c1-15-12-17(18-13-22-23-14-18)9-10-19(15)20(24)21-11-5-8-16-6-3-2-4-7-16/h2-4,6-7,9-10,12-14H,5,8,11H2,1H3,(H,21,24)(H,22,23). The molecule has 1 aromatic heterocycles. The van der Waals surface area contributed by atoms with Crippen molar-refractivity contribution in [2.75, 3.05) is 6.54 Å². The molecule has 0 radical (unpaired) electrons. The largest absolute Gasteiger partial charge is 0.352 e. The number of amides is 1. The highest BCUT2D eigenvalue weighted by Gasteiger charge is 2.10. The summed E-state index contributed by atoms with van der Waals surface area (Å²) in [6.45, 7) is 2.64. The molecule has 122 valence electrons. The van der Waals surface area contributed by atoms with Crippen molar-refractivity contribution in [2.45, 2.75) is 19.8 Å². The Kier molecular flexibility index (Phi) is 5.06. The Bertz CT molecular complexity index is 795. The third-order valence-electron chi connectivity index (χ3n) is 4.07. The zero-order valence-corrected chi connectivity index (χ0v) is 13.8. The second kappa shape index (κ2) is 7.59. The summed E-state index contributed by atoms with van der Waals surface area (Å²) in [5.74, 6) is -0.0145. The van der Waals surface area contributed by atoms with E-state index >= 15 is 0 Å². The molecule has 0 spiro atoms. The lowest BCUT2D eigenvalue weighted by Crippen LogP contribution is -2.25. The zero-order chi connectivity index (χ0) is 16.8. The smallest absolute Gasteiger partial charge is 0.251 e. The van der Waals surface area contributed by atoms with Crippen molar-refractivity contribution >= 4 is 5.91 Å². The number of nitrogens with zero attached hydrogens (tertiary/aromatic N) is 1. The van der Waals surface area contributed by atoms with E-state index in [4.69, 9.17) is 0 Å². The molecule has 0 saturated carbocycles. The van der Waals surface area contributed by atoms with Crippen LogP contribution >= 0.6 is 0 Å². The molecule has 3 aromatic rings. The van der Waals surface area contributed by atoms with E-state index in [1.807, 2.05) is 49.5 Å². The molecule has 3 rings (SSSR count). The van der Waals surface area contributed by atoms with Gasteiger partial charge in [-0.25, -0.2) is 0 Å². The van der Waals surface area contributed by atoms with Crippen molar-refractivity contribution in [1.29, 1.82) is 0 Å². The highest BCUT2D eigenvalue weighted by atomic mass is 16.1. The fourth-order valence-electron chi connectivity index (χ4n) is 2.74. The topological polar surface area (TPSA) is 57.8 Å². The van der Waals surface area contributed by atoms with Crippen LogP contribution < -0.4 is 5.32 Å². The average Bonchev–Trinajstić information content (AvgIpc) is 3.14. The van der Waals surface area contributed by atoms with Crippen LogP contribution in [0.3, 0.4) is 0 Å². The lowest BCUT2D eigenvalue weighted by Gasteiger charge is -2.09. The van der Waals surface area contributed by atoms with Gasteiger partial charge < -0.3 is 5.32 Å². The molecule has 24 heavy (non-hydrogen) atoms. The zero-order valence-electron chi connectivity index (χ0n) is 13.8. The second-order valence-electron chi connectivity index (χ2n) is 5.86. The van der Waals surface area contributed by atoms with Gasteiger partial charge in [0.05, 0.1) is 6.20 Å². The van der Waals surface area contributed by atoms with Gasteiger partial charge in [0, 0.05) is 23.9 Å². The van der Waals surface area contributed by atoms with Crippen molar-refractivity contribution in [3.05, 3.63) is 77.6 Å². The summed E-state index contributed by atoms with van der Waals surface area (Å²) in [4.78, 5) is 12.3. The molecule has 0 saturated heterocycles. The fourth-order valence-corrected chi connectivity index (χ4v) is 2.74. The van der Waals surface area contributed by atoms with Crippen molar-refractivity contribution in [3.8, 4) is 11.1 Å². The molecule has 4 heteroatoms. The average molecular weight is 319 g/mol. The summed E-state index contributed by atoms with van der Waals surface area (Å²) in [7, 11) is 0. The van der Waals surface area contributed by atoms with Crippen LogP contribution in [0.15, 0.2) is 60.9 Å². The van der Waals surface area contributed by atoms with Crippen LogP contribution in [0.5, 0.6) is 0 Å². The van der Waals surface area contributed by atoms with Crippen LogP contribution in [0.4, 0.5) is 0 Å².